The van der Waals surface area contributed by atoms with Gasteiger partial charge in [-0.3, -0.25) is 9.78 Å². The lowest BCUT2D eigenvalue weighted by atomic mass is 9.94. The van der Waals surface area contributed by atoms with Crippen molar-refractivity contribution in [3.8, 4) is 22.9 Å². The molecule has 3 heterocycles. The predicted octanol–water partition coefficient (Wildman–Crippen LogP) is 4.28. The number of pyridine rings is 1. The maximum absolute atomic E-state index is 13.6. The minimum absolute atomic E-state index is 0.275. The molecule has 1 aliphatic rings. The van der Waals surface area contributed by atoms with E-state index in [2.05, 4.69) is 15.6 Å². The van der Waals surface area contributed by atoms with Gasteiger partial charge in [0.15, 0.2) is 5.82 Å². The van der Waals surface area contributed by atoms with Gasteiger partial charge in [0.1, 0.15) is 17.5 Å². The van der Waals surface area contributed by atoms with Crippen LogP contribution in [0.2, 0.25) is 0 Å². The third-order valence-electron chi connectivity index (χ3n) is 5.78. The first-order valence-electron chi connectivity index (χ1n) is 11.0. The second-order valence-corrected chi connectivity index (χ2v) is 7.94. The first-order valence-corrected chi connectivity index (χ1v) is 11.0. The highest BCUT2D eigenvalue weighted by Gasteiger charge is 2.36. The number of amides is 1. The summed E-state index contributed by atoms with van der Waals surface area (Å²) in [5.74, 6) is 2.10. The number of hydrogen-bond acceptors (Lipinski definition) is 7. The molecule has 0 spiro atoms. The number of methoxy groups -OCH3 is 2. The summed E-state index contributed by atoms with van der Waals surface area (Å²) in [5, 5.41) is 11.0. The Morgan fingerprint density at radius 2 is 1.91 bits per heavy atom. The highest BCUT2D eigenvalue weighted by molar-refractivity contribution is 6.06. The fraction of sp³-hybridized carbons (Fsp3) is 0.154. The molecule has 5 rings (SSSR count). The van der Waals surface area contributed by atoms with Crippen LogP contribution in [0.25, 0.3) is 11.4 Å². The maximum Gasteiger partial charge on any atom is 0.255 e. The third kappa shape index (κ3) is 4.19. The van der Waals surface area contributed by atoms with Gasteiger partial charge >= 0.3 is 0 Å². The molecule has 9 nitrogen and oxygen atoms in total. The molecule has 2 aromatic heterocycles. The maximum atomic E-state index is 13.6. The quantitative estimate of drug-likeness (QED) is 0.435. The molecule has 1 amide bonds. The molecule has 4 aromatic rings. The summed E-state index contributed by atoms with van der Waals surface area (Å²) < 4.78 is 12.7. The summed E-state index contributed by atoms with van der Waals surface area (Å²) in [5.41, 5.74) is 3.34. The number of benzene rings is 2. The molecule has 0 bridgehead atoms. The van der Waals surface area contributed by atoms with Crippen molar-refractivity contribution in [1.29, 1.82) is 0 Å². The lowest BCUT2D eigenvalue weighted by molar-refractivity contribution is -0.113. The number of aromatic nitrogens is 4. The van der Waals surface area contributed by atoms with Crippen molar-refractivity contribution >= 4 is 17.5 Å². The van der Waals surface area contributed by atoms with Gasteiger partial charge in [-0.25, -0.2) is 4.68 Å². The molecule has 0 unspecified atom stereocenters. The first kappa shape index (κ1) is 22.1. The van der Waals surface area contributed by atoms with E-state index in [1.165, 1.54) is 0 Å². The van der Waals surface area contributed by atoms with Crippen molar-refractivity contribution in [2.75, 3.05) is 24.9 Å². The van der Waals surface area contributed by atoms with Gasteiger partial charge in [-0.05, 0) is 37.3 Å². The van der Waals surface area contributed by atoms with E-state index in [1.54, 1.807) is 43.4 Å². The summed E-state index contributed by atoms with van der Waals surface area (Å²) in [7, 11) is 3.22. The number of para-hydroxylation sites is 1. The Labute approximate surface area is 202 Å². The number of rotatable bonds is 6. The van der Waals surface area contributed by atoms with Gasteiger partial charge in [0.2, 0.25) is 5.95 Å². The van der Waals surface area contributed by atoms with Crippen LogP contribution in [0.3, 0.4) is 0 Å². The van der Waals surface area contributed by atoms with Crippen LogP contribution in [0.5, 0.6) is 11.5 Å². The minimum atomic E-state index is -0.578. The average molecular weight is 469 g/mol. The van der Waals surface area contributed by atoms with E-state index in [1.807, 2.05) is 55.5 Å². The first-order chi connectivity index (χ1) is 17.1. The summed E-state index contributed by atoms with van der Waals surface area (Å²) in [6.45, 7) is 1.85. The van der Waals surface area contributed by atoms with Gasteiger partial charge in [-0.15, -0.1) is 5.10 Å². The van der Waals surface area contributed by atoms with Crippen LogP contribution in [0.1, 0.15) is 18.5 Å². The van der Waals surface area contributed by atoms with Crippen LogP contribution < -0.4 is 20.1 Å². The highest BCUT2D eigenvalue weighted by Crippen LogP contribution is 2.40. The van der Waals surface area contributed by atoms with E-state index < -0.39 is 6.04 Å². The Morgan fingerprint density at radius 1 is 1.06 bits per heavy atom. The number of nitrogens with zero attached hydrogens (tertiary/aromatic N) is 4. The molecule has 0 radical (unpaired) electrons. The molecule has 0 saturated heterocycles. The second-order valence-electron chi connectivity index (χ2n) is 7.94. The highest BCUT2D eigenvalue weighted by atomic mass is 16.5. The van der Waals surface area contributed by atoms with E-state index in [0.717, 1.165) is 11.1 Å². The van der Waals surface area contributed by atoms with Gasteiger partial charge in [0.05, 0.1) is 31.7 Å². The Hall–Kier alpha value is -4.66. The molecule has 1 atom stereocenters. The zero-order valence-electron chi connectivity index (χ0n) is 19.5. The van der Waals surface area contributed by atoms with Crippen molar-refractivity contribution in [2.45, 2.75) is 13.0 Å². The normalized spacial score (nSPS) is 14.7. The van der Waals surface area contributed by atoms with Crippen LogP contribution >= 0.6 is 0 Å². The Morgan fingerprint density at radius 3 is 2.69 bits per heavy atom. The van der Waals surface area contributed by atoms with Crippen molar-refractivity contribution in [1.82, 2.24) is 19.7 Å². The Kier molecular flexibility index (Phi) is 5.88. The molecule has 2 aromatic carbocycles. The van der Waals surface area contributed by atoms with Crippen LogP contribution in [0, 0.1) is 0 Å². The van der Waals surface area contributed by atoms with Crippen molar-refractivity contribution < 1.29 is 14.3 Å². The lowest BCUT2D eigenvalue weighted by Crippen LogP contribution is -2.31. The molecular weight excluding hydrogens is 444 g/mol. The van der Waals surface area contributed by atoms with E-state index >= 15 is 0 Å². The number of fused-ring (bicyclic) bond motifs is 1. The van der Waals surface area contributed by atoms with Gasteiger partial charge in [0, 0.05) is 23.0 Å². The number of hydrogen-bond donors (Lipinski definition) is 2. The summed E-state index contributed by atoms with van der Waals surface area (Å²) in [6, 6.07) is 18.1. The zero-order valence-corrected chi connectivity index (χ0v) is 19.5. The molecule has 0 saturated carbocycles. The lowest BCUT2D eigenvalue weighted by Gasteiger charge is -2.29. The SMILES string of the molecule is COc1cccc(-c2nc3n(n2)[C@H](c2ccccc2OC)C(C(=O)Nc2cccnc2)=C(C)N3)c1. The van der Waals surface area contributed by atoms with E-state index in [0.29, 0.717) is 40.2 Å². The topological polar surface area (TPSA) is 103 Å². The number of allylic oxidation sites excluding steroid dienone is 1. The number of anilines is 2. The fourth-order valence-corrected chi connectivity index (χ4v) is 4.14. The van der Waals surface area contributed by atoms with Crippen molar-refractivity contribution in [3.63, 3.8) is 0 Å². The van der Waals surface area contributed by atoms with E-state index in [-0.39, 0.29) is 5.91 Å². The molecule has 0 fully saturated rings. The largest absolute Gasteiger partial charge is 0.497 e. The number of carbonyl (C=O) groups is 1. The standard InChI is InChI=1S/C26H24N6O3/c1-16-22(25(33)29-18-9-7-13-27-15-18)23(20-11-4-5-12-21(20)35-3)32-26(28-16)30-24(31-32)17-8-6-10-19(14-17)34-2/h4-15,23H,1-3H3,(H,29,33)(H,28,30,31)/t23-/m1/s1. The minimum Gasteiger partial charge on any atom is -0.497 e. The van der Waals surface area contributed by atoms with E-state index in [4.69, 9.17) is 19.6 Å². The molecule has 2 N–H and O–H groups in total. The number of nitrogens with one attached hydrogen (secondary N) is 2. The van der Waals surface area contributed by atoms with Crippen LogP contribution in [-0.4, -0.2) is 39.9 Å². The van der Waals surface area contributed by atoms with Crippen LogP contribution in [0.4, 0.5) is 11.6 Å². The molecule has 9 heteroatoms. The Bertz CT molecular complexity index is 1410. The van der Waals surface area contributed by atoms with Gasteiger partial charge < -0.3 is 20.1 Å². The molecule has 0 aliphatic carbocycles. The van der Waals surface area contributed by atoms with Gasteiger partial charge in [-0.2, -0.15) is 4.98 Å². The summed E-state index contributed by atoms with van der Waals surface area (Å²) in [6.07, 6.45) is 3.26. The predicted molar refractivity (Wildman–Crippen MR) is 132 cm³/mol. The van der Waals surface area contributed by atoms with Crippen LogP contribution in [-0.2, 0) is 4.79 Å². The summed E-state index contributed by atoms with van der Waals surface area (Å²) >= 11 is 0. The van der Waals surface area contributed by atoms with E-state index in [9.17, 15) is 4.79 Å². The number of ether oxygens (including phenoxy) is 2. The monoisotopic (exact) mass is 468 g/mol. The second kappa shape index (κ2) is 9.30. The molecule has 1 aliphatic heterocycles. The zero-order chi connectivity index (χ0) is 24.4. The molecule has 35 heavy (non-hydrogen) atoms. The summed E-state index contributed by atoms with van der Waals surface area (Å²) in [4.78, 5) is 22.4. The van der Waals surface area contributed by atoms with Crippen molar-refractivity contribution in [2.24, 2.45) is 0 Å². The number of carbonyl (C=O) groups excluding carboxylic acids is 1. The van der Waals surface area contributed by atoms with Crippen LogP contribution in [0.15, 0.2) is 84.3 Å². The fourth-order valence-electron chi connectivity index (χ4n) is 4.14. The van der Waals surface area contributed by atoms with Gasteiger partial charge in [0.25, 0.3) is 5.91 Å². The third-order valence-corrected chi connectivity index (χ3v) is 5.78. The average Bonchev–Trinajstić information content (AvgIpc) is 3.32. The van der Waals surface area contributed by atoms with Gasteiger partial charge in [-0.1, -0.05) is 30.3 Å². The smallest absolute Gasteiger partial charge is 0.255 e. The van der Waals surface area contributed by atoms with Crippen molar-refractivity contribution in [3.05, 3.63) is 89.9 Å². The Balaban J connectivity index is 1.63. The molecule has 176 valence electrons. The molecular formula is C26H24N6O3.